The number of carbonyl (C=O) groups excluding carboxylic acids is 2. The predicted octanol–water partition coefficient (Wildman–Crippen LogP) is 1.62. The van der Waals surface area contributed by atoms with Crippen LogP contribution in [0.5, 0.6) is 5.75 Å². The predicted molar refractivity (Wildman–Crippen MR) is 81.3 cm³/mol. The Morgan fingerprint density at radius 1 is 1.08 bits per heavy atom. The van der Waals surface area contributed by atoms with Crippen molar-refractivity contribution in [3.8, 4) is 5.75 Å². The first-order valence-corrected chi connectivity index (χ1v) is 8.04. The van der Waals surface area contributed by atoms with Crippen molar-refractivity contribution in [3.63, 3.8) is 0 Å². The summed E-state index contributed by atoms with van der Waals surface area (Å²) in [4.78, 5) is 35.1. The third-order valence-corrected chi connectivity index (χ3v) is 6.07. The second kappa shape index (κ2) is 4.06. The van der Waals surface area contributed by atoms with Crippen molar-refractivity contribution in [2.75, 3.05) is 0 Å². The van der Waals surface area contributed by atoms with Crippen molar-refractivity contribution in [2.45, 2.75) is 24.7 Å². The number of aromatic hydroxyl groups is 1. The average Bonchev–Trinajstić information content (AvgIpc) is 3.45. The fourth-order valence-corrected chi connectivity index (χ4v) is 4.92. The van der Waals surface area contributed by atoms with E-state index in [2.05, 4.69) is 0 Å². The molecule has 2 unspecified atom stereocenters. The summed E-state index contributed by atoms with van der Waals surface area (Å²) in [6.07, 6.45) is 4.92. The zero-order valence-corrected chi connectivity index (χ0v) is 12.6. The van der Waals surface area contributed by atoms with Crippen LogP contribution in [0.1, 0.15) is 30.8 Å². The molecule has 0 aromatic carbocycles. The molecule has 122 valence electrons. The van der Waals surface area contributed by atoms with Gasteiger partial charge in [0.2, 0.25) is 22.7 Å². The number of aliphatic hydroxyl groups is 1. The van der Waals surface area contributed by atoms with Crippen molar-refractivity contribution >= 4 is 17.1 Å². The summed E-state index contributed by atoms with van der Waals surface area (Å²) in [5.41, 5.74) is -0.847. The molecule has 1 aromatic rings. The molecule has 2 atom stereocenters. The highest BCUT2D eigenvalue weighted by Gasteiger charge is 2.85. The van der Waals surface area contributed by atoms with E-state index in [9.17, 15) is 24.6 Å². The Kier molecular flexibility index (Phi) is 2.33. The summed E-state index contributed by atoms with van der Waals surface area (Å²) < 4.78 is 5.80. The number of aliphatic hydroxyl groups excluding tert-OH is 1. The van der Waals surface area contributed by atoms with E-state index in [4.69, 9.17) is 4.42 Å². The number of carbonyl (C=O) groups is 2. The first kappa shape index (κ1) is 13.8. The highest BCUT2D eigenvalue weighted by Crippen LogP contribution is 2.86. The van der Waals surface area contributed by atoms with Crippen LogP contribution >= 0.6 is 0 Å². The maximum atomic E-state index is 12.2. The number of fused-ring (bicyclic) bond motifs is 2. The molecule has 0 amide bonds. The number of rotatable bonds is 2. The zero-order chi connectivity index (χ0) is 16.8. The van der Waals surface area contributed by atoms with Gasteiger partial charge in [-0.3, -0.25) is 14.4 Å². The first-order valence-electron chi connectivity index (χ1n) is 8.04. The Bertz CT molecular complexity index is 937. The minimum Gasteiger partial charge on any atom is -0.507 e. The summed E-state index contributed by atoms with van der Waals surface area (Å²) in [5.74, 6) is -0.729. The van der Waals surface area contributed by atoms with E-state index in [1.54, 1.807) is 0 Å². The summed E-state index contributed by atoms with van der Waals surface area (Å²) in [6.45, 7) is 0. The van der Waals surface area contributed by atoms with Crippen LogP contribution in [-0.4, -0.2) is 21.8 Å². The molecule has 5 rings (SSSR count). The van der Waals surface area contributed by atoms with Gasteiger partial charge in [-0.25, -0.2) is 0 Å². The van der Waals surface area contributed by atoms with Crippen LogP contribution in [0.2, 0.25) is 0 Å². The van der Waals surface area contributed by atoms with Crippen LogP contribution in [0.15, 0.2) is 33.2 Å². The molecular weight excluding hydrogens is 312 g/mol. The summed E-state index contributed by atoms with van der Waals surface area (Å²) >= 11 is 0. The Balaban J connectivity index is 1.64. The minimum atomic E-state index is -0.855. The van der Waals surface area contributed by atoms with Crippen molar-refractivity contribution in [1.29, 1.82) is 0 Å². The lowest BCUT2D eigenvalue weighted by atomic mass is 9.74. The van der Waals surface area contributed by atoms with Gasteiger partial charge in [0.15, 0.2) is 5.76 Å². The molecule has 3 saturated carbocycles. The van der Waals surface area contributed by atoms with E-state index >= 15 is 0 Å². The van der Waals surface area contributed by atoms with Gasteiger partial charge in [-0.05, 0) is 30.6 Å². The monoisotopic (exact) mass is 326 g/mol. The molecular formula is C18H14O6. The van der Waals surface area contributed by atoms with E-state index in [1.165, 1.54) is 12.5 Å². The summed E-state index contributed by atoms with van der Waals surface area (Å²) in [5, 5.41) is 20.0. The first-order chi connectivity index (χ1) is 11.4. The van der Waals surface area contributed by atoms with Crippen LogP contribution in [-0.2, 0) is 15.0 Å². The Hall–Kier alpha value is -2.63. The number of allylic oxidation sites excluding steroid dienone is 3. The largest absolute Gasteiger partial charge is 0.507 e. The van der Waals surface area contributed by atoms with Crippen LogP contribution in [0, 0.1) is 17.8 Å². The molecule has 4 aliphatic carbocycles. The summed E-state index contributed by atoms with van der Waals surface area (Å²) in [7, 11) is 0. The minimum absolute atomic E-state index is 0.112. The normalized spacial score (nSPS) is 35.9. The van der Waals surface area contributed by atoms with E-state index in [0.717, 1.165) is 30.9 Å². The molecule has 2 N–H and O–H groups in total. The summed E-state index contributed by atoms with van der Waals surface area (Å²) in [6, 6.07) is 1.32. The van der Waals surface area contributed by atoms with E-state index in [-0.39, 0.29) is 16.7 Å². The molecule has 6 nitrogen and oxygen atoms in total. The van der Waals surface area contributed by atoms with E-state index in [0.29, 0.717) is 17.6 Å². The van der Waals surface area contributed by atoms with Gasteiger partial charge >= 0.3 is 0 Å². The highest BCUT2D eigenvalue weighted by atomic mass is 16.4. The van der Waals surface area contributed by atoms with Crippen molar-refractivity contribution in [2.24, 2.45) is 17.8 Å². The maximum Gasteiger partial charge on any atom is 0.229 e. The van der Waals surface area contributed by atoms with Gasteiger partial charge in [-0.15, -0.1) is 0 Å². The van der Waals surface area contributed by atoms with Gasteiger partial charge in [0.05, 0.1) is 5.57 Å². The lowest BCUT2D eigenvalue weighted by Gasteiger charge is -2.31. The van der Waals surface area contributed by atoms with Crippen LogP contribution in [0.4, 0.5) is 0 Å². The van der Waals surface area contributed by atoms with Gasteiger partial charge < -0.3 is 14.6 Å². The maximum absolute atomic E-state index is 12.2. The van der Waals surface area contributed by atoms with Gasteiger partial charge in [0.1, 0.15) is 11.5 Å². The lowest BCUT2D eigenvalue weighted by molar-refractivity contribution is -0.131. The quantitative estimate of drug-likeness (QED) is 0.632. The fraction of sp³-hybridized carbons (Fsp3) is 0.389. The van der Waals surface area contributed by atoms with Crippen LogP contribution in [0.3, 0.4) is 0 Å². The molecule has 24 heavy (non-hydrogen) atoms. The number of ketones is 2. The van der Waals surface area contributed by atoms with Gasteiger partial charge in [-0.2, -0.15) is 0 Å². The molecule has 0 spiro atoms. The van der Waals surface area contributed by atoms with Crippen molar-refractivity contribution < 1.29 is 24.2 Å². The Labute approximate surface area is 136 Å². The zero-order valence-electron chi connectivity index (χ0n) is 12.6. The van der Waals surface area contributed by atoms with Crippen LogP contribution in [0.25, 0.3) is 5.57 Å². The van der Waals surface area contributed by atoms with Gasteiger partial charge in [0.25, 0.3) is 0 Å². The highest BCUT2D eigenvalue weighted by molar-refractivity contribution is 6.48. The van der Waals surface area contributed by atoms with Gasteiger partial charge in [-0.1, -0.05) is 6.42 Å². The molecule has 1 aromatic heterocycles. The second-order valence-corrected chi connectivity index (χ2v) is 7.12. The molecule has 1 heterocycles. The van der Waals surface area contributed by atoms with E-state index in [1.807, 2.05) is 0 Å². The molecule has 0 bridgehead atoms. The third kappa shape index (κ3) is 1.48. The van der Waals surface area contributed by atoms with Gasteiger partial charge in [0, 0.05) is 23.6 Å². The molecule has 0 aliphatic heterocycles. The van der Waals surface area contributed by atoms with E-state index < -0.39 is 28.5 Å². The molecule has 0 saturated heterocycles. The average molecular weight is 326 g/mol. The Morgan fingerprint density at radius 2 is 1.79 bits per heavy atom. The smallest absolute Gasteiger partial charge is 0.229 e. The third-order valence-electron chi connectivity index (χ3n) is 6.07. The van der Waals surface area contributed by atoms with Crippen molar-refractivity contribution in [1.82, 2.24) is 0 Å². The van der Waals surface area contributed by atoms with Crippen molar-refractivity contribution in [3.05, 3.63) is 45.7 Å². The molecule has 3 fully saturated rings. The molecule has 0 radical (unpaired) electrons. The lowest BCUT2D eigenvalue weighted by Crippen LogP contribution is -2.28. The van der Waals surface area contributed by atoms with Crippen LogP contribution < -0.4 is 5.43 Å². The number of hydrogen-bond donors (Lipinski definition) is 2. The molecule has 6 heteroatoms. The number of hydrogen-bond acceptors (Lipinski definition) is 6. The standard InChI is InChI=1S/C18H14O6/c19-9-5-11(21)10(20)4-8(9)17-16(23)12(22)6-13(24-17)18-3-1-2-7-14(18)15(7)18/h4-7,14-15,19,23H,1-3H2. The Morgan fingerprint density at radius 3 is 2.50 bits per heavy atom. The topological polar surface area (TPSA) is 105 Å². The fourth-order valence-electron chi connectivity index (χ4n) is 4.92. The second-order valence-electron chi connectivity index (χ2n) is 7.12. The molecule has 4 aliphatic rings. The SMILES string of the molecule is O=C1C=C(O)C(c2oc(C34CCCC5C3C54)cc(=O)c2O)=CC1=O.